The van der Waals surface area contributed by atoms with Crippen molar-refractivity contribution in [3.63, 3.8) is 0 Å². The van der Waals surface area contributed by atoms with Gasteiger partial charge in [0.05, 0.1) is 24.3 Å². The van der Waals surface area contributed by atoms with Gasteiger partial charge in [0.2, 0.25) is 5.91 Å². The van der Waals surface area contributed by atoms with Gasteiger partial charge in [-0.25, -0.2) is 4.98 Å². The van der Waals surface area contributed by atoms with Crippen molar-refractivity contribution in [3.05, 3.63) is 70.6 Å². The summed E-state index contributed by atoms with van der Waals surface area (Å²) < 4.78 is 6.70. The fourth-order valence-electron chi connectivity index (χ4n) is 3.24. The largest absolute Gasteiger partial charge is 0.497 e. The lowest BCUT2D eigenvalue weighted by Crippen LogP contribution is -2.37. The number of rotatable bonds is 6. The van der Waals surface area contributed by atoms with Gasteiger partial charge in [-0.2, -0.15) is 0 Å². The average Bonchev–Trinajstić information content (AvgIpc) is 3.54. The molecule has 0 spiro atoms. The maximum Gasteiger partial charge on any atom is 0.269 e. The van der Waals surface area contributed by atoms with Gasteiger partial charge >= 0.3 is 0 Å². The van der Waals surface area contributed by atoms with E-state index in [1.54, 1.807) is 7.11 Å². The Morgan fingerprint density at radius 1 is 1.19 bits per heavy atom. The second kappa shape index (κ2) is 7.23. The molecule has 0 atom stereocenters. The minimum absolute atomic E-state index is 0.0223. The van der Waals surface area contributed by atoms with Gasteiger partial charge in [0.1, 0.15) is 12.3 Å². The molecular formula is C21H21N3O3. The number of carbonyl (C=O) groups excluding carboxylic acids is 1. The Morgan fingerprint density at radius 2 is 1.93 bits per heavy atom. The number of hydrogen-bond acceptors (Lipinski definition) is 4. The first-order valence-corrected chi connectivity index (χ1v) is 9.02. The van der Waals surface area contributed by atoms with Crippen LogP contribution >= 0.6 is 0 Å². The molecule has 1 aromatic heterocycles. The van der Waals surface area contributed by atoms with Crippen molar-refractivity contribution in [2.45, 2.75) is 32.0 Å². The third kappa shape index (κ3) is 3.69. The third-order valence-corrected chi connectivity index (χ3v) is 4.87. The minimum atomic E-state index is -0.262. The fourth-order valence-corrected chi connectivity index (χ4v) is 3.24. The second-order valence-electron chi connectivity index (χ2n) is 6.77. The zero-order valence-corrected chi connectivity index (χ0v) is 15.2. The molecule has 2 aromatic carbocycles. The topological polar surface area (TPSA) is 64.4 Å². The summed E-state index contributed by atoms with van der Waals surface area (Å²) in [5, 5.41) is 0. The van der Waals surface area contributed by atoms with Crippen LogP contribution in [0.3, 0.4) is 0 Å². The number of fused-ring (bicyclic) bond motifs is 1. The quantitative estimate of drug-likeness (QED) is 0.675. The molecule has 0 aliphatic heterocycles. The van der Waals surface area contributed by atoms with Crippen molar-refractivity contribution in [1.29, 1.82) is 0 Å². The molecule has 0 radical (unpaired) electrons. The van der Waals surface area contributed by atoms with E-state index in [-0.39, 0.29) is 24.1 Å². The Balaban J connectivity index is 1.58. The molecule has 1 heterocycles. The van der Waals surface area contributed by atoms with Gasteiger partial charge in [0.25, 0.3) is 5.56 Å². The summed E-state index contributed by atoms with van der Waals surface area (Å²) in [6, 6.07) is 15.4. The SMILES string of the molecule is COc1ccc(CN(C(=O)Cn2c(=O)cnc3ccccc32)C2CC2)cc1. The van der Waals surface area contributed by atoms with Crippen LogP contribution in [-0.4, -0.2) is 33.5 Å². The van der Waals surface area contributed by atoms with Gasteiger partial charge < -0.3 is 9.64 Å². The van der Waals surface area contributed by atoms with Crippen LogP contribution in [0.15, 0.2) is 59.5 Å². The van der Waals surface area contributed by atoms with Crippen LogP contribution in [0.1, 0.15) is 18.4 Å². The van der Waals surface area contributed by atoms with Crippen LogP contribution in [-0.2, 0) is 17.9 Å². The molecule has 6 nitrogen and oxygen atoms in total. The first-order chi connectivity index (χ1) is 13.2. The molecule has 0 bridgehead atoms. The number of para-hydroxylation sites is 2. The Labute approximate surface area is 157 Å². The van der Waals surface area contributed by atoms with Crippen LogP contribution in [0.25, 0.3) is 11.0 Å². The van der Waals surface area contributed by atoms with E-state index in [4.69, 9.17) is 4.74 Å². The summed E-state index contributed by atoms with van der Waals surface area (Å²) in [7, 11) is 1.63. The average molecular weight is 363 g/mol. The number of carbonyl (C=O) groups is 1. The van der Waals surface area contributed by atoms with Crippen LogP contribution in [0.4, 0.5) is 0 Å². The van der Waals surface area contributed by atoms with E-state index in [0.29, 0.717) is 17.6 Å². The molecule has 0 unspecified atom stereocenters. The summed E-state index contributed by atoms with van der Waals surface area (Å²) in [6.45, 7) is 0.555. The Morgan fingerprint density at radius 3 is 2.63 bits per heavy atom. The number of ether oxygens (including phenoxy) is 1. The molecule has 1 saturated carbocycles. The van der Waals surface area contributed by atoms with E-state index in [0.717, 1.165) is 24.2 Å². The van der Waals surface area contributed by atoms with Gasteiger partial charge in [0, 0.05) is 12.6 Å². The lowest BCUT2D eigenvalue weighted by molar-refractivity contribution is -0.133. The summed E-state index contributed by atoms with van der Waals surface area (Å²) in [4.78, 5) is 31.4. The Kier molecular flexibility index (Phi) is 4.62. The van der Waals surface area contributed by atoms with E-state index in [1.807, 2.05) is 53.4 Å². The summed E-state index contributed by atoms with van der Waals surface area (Å²) in [5.41, 5.74) is 2.17. The number of hydrogen-bond donors (Lipinski definition) is 0. The standard InChI is InChI=1S/C21H21N3O3/c1-27-17-10-6-15(7-11-17)13-23(16-8-9-16)21(26)14-24-19-5-3-2-4-18(19)22-12-20(24)25/h2-7,10-12,16H,8-9,13-14H2,1H3. The number of methoxy groups -OCH3 is 1. The van der Waals surface area contributed by atoms with Crippen molar-refractivity contribution in [2.24, 2.45) is 0 Å². The van der Waals surface area contributed by atoms with Crippen molar-refractivity contribution in [3.8, 4) is 5.75 Å². The molecule has 6 heteroatoms. The van der Waals surface area contributed by atoms with Crippen molar-refractivity contribution >= 4 is 16.9 Å². The van der Waals surface area contributed by atoms with E-state index < -0.39 is 0 Å². The van der Waals surface area contributed by atoms with Crippen molar-refractivity contribution < 1.29 is 9.53 Å². The van der Waals surface area contributed by atoms with Gasteiger partial charge in [-0.05, 0) is 42.7 Å². The number of nitrogens with zero attached hydrogens (tertiary/aromatic N) is 3. The predicted octanol–water partition coefficient (Wildman–Crippen LogP) is 2.60. The highest BCUT2D eigenvalue weighted by molar-refractivity contribution is 5.80. The van der Waals surface area contributed by atoms with Crippen molar-refractivity contribution in [2.75, 3.05) is 7.11 Å². The van der Waals surface area contributed by atoms with Crippen LogP contribution in [0, 0.1) is 0 Å². The lowest BCUT2D eigenvalue weighted by atomic mass is 10.2. The number of amides is 1. The zero-order valence-electron chi connectivity index (χ0n) is 15.2. The maximum atomic E-state index is 13.0. The van der Waals surface area contributed by atoms with E-state index in [9.17, 15) is 9.59 Å². The molecular weight excluding hydrogens is 342 g/mol. The molecule has 3 aromatic rings. The van der Waals surface area contributed by atoms with E-state index in [1.165, 1.54) is 10.8 Å². The highest BCUT2D eigenvalue weighted by Crippen LogP contribution is 2.29. The van der Waals surface area contributed by atoms with Gasteiger partial charge in [-0.15, -0.1) is 0 Å². The molecule has 0 saturated heterocycles. The van der Waals surface area contributed by atoms with E-state index >= 15 is 0 Å². The number of aromatic nitrogens is 2. The first kappa shape index (κ1) is 17.3. The summed E-state index contributed by atoms with van der Waals surface area (Å²) in [6.07, 6.45) is 3.29. The lowest BCUT2D eigenvalue weighted by Gasteiger charge is -2.23. The third-order valence-electron chi connectivity index (χ3n) is 4.87. The molecule has 138 valence electrons. The van der Waals surface area contributed by atoms with Crippen LogP contribution in [0.2, 0.25) is 0 Å². The predicted molar refractivity (Wildman–Crippen MR) is 103 cm³/mol. The highest BCUT2D eigenvalue weighted by Gasteiger charge is 2.32. The van der Waals surface area contributed by atoms with Gasteiger partial charge in [0.15, 0.2) is 0 Å². The van der Waals surface area contributed by atoms with Crippen molar-refractivity contribution in [1.82, 2.24) is 14.5 Å². The molecule has 1 fully saturated rings. The zero-order chi connectivity index (χ0) is 18.8. The normalized spacial score (nSPS) is 13.5. The van der Waals surface area contributed by atoms with Crippen LogP contribution < -0.4 is 10.3 Å². The molecule has 1 aliphatic rings. The van der Waals surface area contributed by atoms with Gasteiger partial charge in [-0.1, -0.05) is 24.3 Å². The monoisotopic (exact) mass is 363 g/mol. The molecule has 1 aliphatic carbocycles. The highest BCUT2D eigenvalue weighted by atomic mass is 16.5. The number of benzene rings is 2. The summed E-state index contributed by atoms with van der Waals surface area (Å²) in [5.74, 6) is 0.740. The van der Waals surface area contributed by atoms with E-state index in [2.05, 4.69) is 4.98 Å². The molecule has 1 amide bonds. The minimum Gasteiger partial charge on any atom is -0.497 e. The van der Waals surface area contributed by atoms with Crippen LogP contribution in [0.5, 0.6) is 5.75 Å². The molecule has 27 heavy (non-hydrogen) atoms. The molecule has 0 N–H and O–H groups in total. The second-order valence-corrected chi connectivity index (χ2v) is 6.77. The first-order valence-electron chi connectivity index (χ1n) is 9.02. The fraction of sp³-hybridized carbons (Fsp3) is 0.286. The molecule has 4 rings (SSSR count). The smallest absolute Gasteiger partial charge is 0.269 e. The van der Waals surface area contributed by atoms with Gasteiger partial charge in [-0.3, -0.25) is 14.2 Å². The Hall–Kier alpha value is -3.15. The maximum absolute atomic E-state index is 13.0. The Bertz CT molecular complexity index is 1020. The summed E-state index contributed by atoms with van der Waals surface area (Å²) >= 11 is 0.